The predicted molar refractivity (Wildman–Crippen MR) is 59.6 cm³/mol. The molecule has 2 rings (SSSR count). The Balaban J connectivity index is 1.86. The molecule has 2 saturated carbocycles. The third kappa shape index (κ3) is 2.35. The first-order valence-electron chi connectivity index (χ1n) is 6.43. The fraction of sp³-hybridized carbons (Fsp3) is 0.923. The van der Waals surface area contributed by atoms with E-state index in [2.05, 4.69) is 6.92 Å². The smallest absolute Gasteiger partial charge is 0.306 e. The number of hydrogen-bond acceptors (Lipinski definition) is 1. The summed E-state index contributed by atoms with van der Waals surface area (Å²) in [4.78, 5) is 11.1. The van der Waals surface area contributed by atoms with Gasteiger partial charge in [-0.3, -0.25) is 4.79 Å². The lowest BCUT2D eigenvalue weighted by molar-refractivity contribution is -0.142. The van der Waals surface area contributed by atoms with E-state index in [1.54, 1.807) is 0 Å². The molecule has 86 valence electrons. The maximum atomic E-state index is 11.1. The zero-order chi connectivity index (χ0) is 10.8. The van der Waals surface area contributed by atoms with E-state index in [4.69, 9.17) is 5.11 Å². The first kappa shape index (κ1) is 11.0. The Hall–Kier alpha value is -0.530. The molecule has 0 aromatic rings. The van der Waals surface area contributed by atoms with Crippen LogP contribution in [0.25, 0.3) is 0 Å². The molecule has 0 radical (unpaired) electrons. The summed E-state index contributed by atoms with van der Waals surface area (Å²) in [6.45, 7) is 2.08. The van der Waals surface area contributed by atoms with E-state index >= 15 is 0 Å². The van der Waals surface area contributed by atoms with E-state index in [1.807, 2.05) is 0 Å². The molecule has 0 amide bonds. The maximum Gasteiger partial charge on any atom is 0.306 e. The summed E-state index contributed by atoms with van der Waals surface area (Å²) in [5.41, 5.74) is 0. The topological polar surface area (TPSA) is 37.3 Å². The third-order valence-electron chi connectivity index (χ3n) is 4.46. The Morgan fingerprint density at radius 3 is 2.67 bits per heavy atom. The van der Waals surface area contributed by atoms with Crippen molar-refractivity contribution in [2.24, 2.45) is 23.7 Å². The van der Waals surface area contributed by atoms with Crippen molar-refractivity contribution in [3.8, 4) is 0 Å². The third-order valence-corrected chi connectivity index (χ3v) is 4.46. The molecule has 15 heavy (non-hydrogen) atoms. The highest BCUT2D eigenvalue weighted by molar-refractivity contribution is 5.69. The molecule has 2 nitrogen and oxygen atoms in total. The molecule has 0 spiro atoms. The van der Waals surface area contributed by atoms with E-state index in [9.17, 15) is 4.79 Å². The Morgan fingerprint density at radius 1 is 1.40 bits per heavy atom. The van der Waals surface area contributed by atoms with Crippen LogP contribution in [0.1, 0.15) is 51.9 Å². The van der Waals surface area contributed by atoms with Gasteiger partial charge in [-0.1, -0.05) is 19.8 Å². The van der Waals surface area contributed by atoms with Crippen LogP contribution in [0.5, 0.6) is 0 Å². The largest absolute Gasteiger partial charge is 0.481 e. The number of hydrogen-bond donors (Lipinski definition) is 1. The van der Waals surface area contributed by atoms with Gasteiger partial charge in [-0.2, -0.15) is 0 Å². The van der Waals surface area contributed by atoms with Crippen molar-refractivity contribution in [2.75, 3.05) is 0 Å². The van der Waals surface area contributed by atoms with Gasteiger partial charge in [0.15, 0.2) is 0 Å². The molecule has 2 aliphatic rings. The minimum absolute atomic E-state index is 0.0700. The molecular weight excluding hydrogens is 188 g/mol. The number of carboxylic acid groups (broad SMARTS) is 1. The second-order valence-corrected chi connectivity index (χ2v) is 5.49. The Morgan fingerprint density at radius 2 is 2.20 bits per heavy atom. The number of rotatable bonds is 5. The minimum atomic E-state index is -0.570. The molecular formula is C13H22O2. The van der Waals surface area contributed by atoms with Crippen molar-refractivity contribution in [2.45, 2.75) is 51.9 Å². The monoisotopic (exact) mass is 210 g/mol. The van der Waals surface area contributed by atoms with Crippen molar-refractivity contribution >= 4 is 5.97 Å². The fourth-order valence-electron chi connectivity index (χ4n) is 3.72. The Bertz CT molecular complexity index is 237. The van der Waals surface area contributed by atoms with Crippen LogP contribution in [0, 0.1) is 23.7 Å². The lowest BCUT2D eigenvalue weighted by atomic mass is 9.81. The van der Waals surface area contributed by atoms with Gasteiger partial charge in [-0.15, -0.1) is 0 Å². The lowest BCUT2D eigenvalue weighted by Gasteiger charge is -2.24. The Kier molecular flexibility index (Phi) is 3.32. The molecule has 4 unspecified atom stereocenters. The first-order valence-corrected chi connectivity index (χ1v) is 6.43. The van der Waals surface area contributed by atoms with Crippen LogP contribution in [0.4, 0.5) is 0 Å². The van der Waals surface area contributed by atoms with Gasteiger partial charge in [0.2, 0.25) is 0 Å². The number of aliphatic carboxylic acids is 1. The maximum absolute atomic E-state index is 11.1. The zero-order valence-electron chi connectivity index (χ0n) is 9.61. The normalized spacial score (nSPS) is 35.7. The second-order valence-electron chi connectivity index (χ2n) is 5.49. The predicted octanol–water partition coefficient (Wildman–Crippen LogP) is 3.31. The van der Waals surface area contributed by atoms with Crippen molar-refractivity contribution in [1.29, 1.82) is 0 Å². The average molecular weight is 210 g/mol. The van der Waals surface area contributed by atoms with Crippen molar-refractivity contribution in [3.63, 3.8) is 0 Å². The molecule has 2 aliphatic carbocycles. The highest BCUT2D eigenvalue weighted by Crippen LogP contribution is 2.50. The van der Waals surface area contributed by atoms with Gasteiger partial charge in [0.1, 0.15) is 0 Å². The highest BCUT2D eigenvalue weighted by atomic mass is 16.4. The van der Waals surface area contributed by atoms with E-state index in [0.717, 1.165) is 37.0 Å². The van der Waals surface area contributed by atoms with Gasteiger partial charge in [0.25, 0.3) is 0 Å². The Labute approximate surface area is 92.1 Å². The first-order chi connectivity index (χ1) is 7.20. The number of carbonyl (C=O) groups is 1. The summed E-state index contributed by atoms with van der Waals surface area (Å²) in [5, 5.41) is 9.13. The molecule has 0 aliphatic heterocycles. The number of fused-ring (bicyclic) bond motifs is 2. The van der Waals surface area contributed by atoms with Gasteiger partial charge in [-0.25, -0.2) is 0 Å². The lowest BCUT2D eigenvalue weighted by Crippen LogP contribution is -2.21. The van der Waals surface area contributed by atoms with E-state index < -0.39 is 5.97 Å². The molecule has 2 heteroatoms. The summed E-state index contributed by atoms with van der Waals surface area (Å²) in [6, 6.07) is 0. The van der Waals surface area contributed by atoms with E-state index in [-0.39, 0.29) is 5.92 Å². The highest BCUT2D eigenvalue weighted by Gasteiger charge is 2.40. The van der Waals surface area contributed by atoms with Crippen LogP contribution in [0.2, 0.25) is 0 Å². The summed E-state index contributed by atoms with van der Waals surface area (Å²) in [7, 11) is 0. The quantitative estimate of drug-likeness (QED) is 0.755. The van der Waals surface area contributed by atoms with Crippen molar-refractivity contribution < 1.29 is 9.90 Å². The number of carboxylic acids is 1. The van der Waals surface area contributed by atoms with Crippen LogP contribution in [-0.4, -0.2) is 11.1 Å². The molecule has 0 heterocycles. The summed E-state index contributed by atoms with van der Waals surface area (Å²) >= 11 is 0. The molecule has 0 aromatic carbocycles. The van der Waals surface area contributed by atoms with Crippen LogP contribution >= 0.6 is 0 Å². The van der Waals surface area contributed by atoms with Crippen LogP contribution in [-0.2, 0) is 4.79 Å². The average Bonchev–Trinajstić information content (AvgIpc) is 2.78. The van der Waals surface area contributed by atoms with E-state index in [1.165, 1.54) is 25.7 Å². The zero-order valence-corrected chi connectivity index (χ0v) is 9.61. The molecule has 2 fully saturated rings. The van der Waals surface area contributed by atoms with Gasteiger partial charge >= 0.3 is 5.97 Å². The molecule has 0 aromatic heterocycles. The van der Waals surface area contributed by atoms with Crippen LogP contribution in [0.15, 0.2) is 0 Å². The van der Waals surface area contributed by atoms with Gasteiger partial charge < -0.3 is 5.11 Å². The van der Waals surface area contributed by atoms with Gasteiger partial charge in [0.05, 0.1) is 5.92 Å². The fourth-order valence-corrected chi connectivity index (χ4v) is 3.72. The molecule has 1 N–H and O–H groups in total. The van der Waals surface area contributed by atoms with E-state index in [0.29, 0.717) is 0 Å². The summed E-state index contributed by atoms with van der Waals surface area (Å²) in [5.74, 6) is 1.90. The van der Waals surface area contributed by atoms with Crippen molar-refractivity contribution in [1.82, 2.24) is 0 Å². The molecule has 4 atom stereocenters. The minimum Gasteiger partial charge on any atom is -0.481 e. The summed E-state index contributed by atoms with van der Waals surface area (Å²) < 4.78 is 0. The molecule has 0 saturated heterocycles. The SMILES string of the molecule is CCCC(CC1CC2CCC1C2)C(=O)O. The second kappa shape index (κ2) is 4.54. The standard InChI is InChI=1S/C13H22O2/c1-2-3-11(13(14)15)8-12-7-9-4-5-10(12)6-9/h9-12H,2-8H2,1H3,(H,14,15). The van der Waals surface area contributed by atoms with Gasteiger partial charge in [0, 0.05) is 0 Å². The van der Waals surface area contributed by atoms with Crippen LogP contribution in [0.3, 0.4) is 0 Å². The summed E-state index contributed by atoms with van der Waals surface area (Å²) in [6.07, 6.45) is 8.30. The molecule has 2 bridgehead atoms. The van der Waals surface area contributed by atoms with Crippen molar-refractivity contribution in [3.05, 3.63) is 0 Å². The van der Waals surface area contributed by atoms with Gasteiger partial charge in [-0.05, 0) is 49.9 Å². The van der Waals surface area contributed by atoms with Crippen LogP contribution < -0.4 is 0 Å².